The molecule has 33 heavy (non-hydrogen) atoms. The van der Waals surface area contributed by atoms with Gasteiger partial charge in [0, 0.05) is 15.7 Å². The Morgan fingerprint density at radius 3 is 2.33 bits per heavy atom. The van der Waals surface area contributed by atoms with Crippen molar-refractivity contribution in [1.82, 2.24) is 0 Å². The van der Waals surface area contributed by atoms with Gasteiger partial charge in [0.2, 0.25) is 0 Å². The van der Waals surface area contributed by atoms with E-state index in [1.807, 2.05) is 44.2 Å². The van der Waals surface area contributed by atoms with Crippen LogP contribution in [-0.2, 0) is 11.4 Å². The summed E-state index contributed by atoms with van der Waals surface area (Å²) in [5.74, 6) is 0.525. The van der Waals surface area contributed by atoms with Crippen LogP contribution in [0.1, 0.15) is 23.6 Å². The van der Waals surface area contributed by atoms with Crippen LogP contribution in [0.5, 0.6) is 11.5 Å². The van der Waals surface area contributed by atoms with Gasteiger partial charge < -0.3 is 14.8 Å². The Bertz CT molecular complexity index is 1190. The third-order valence-electron chi connectivity index (χ3n) is 4.58. The average Bonchev–Trinajstić information content (AvgIpc) is 2.77. The number of amides is 1. The molecule has 0 bridgehead atoms. The summed E-state index contributed by atoms with van der Waals surface area (Å²) in [6, 6.07) is 19.9. The first-order chi connectivity index (χ1) is 15.9. The Morgan fingerprint density at radius 2 is 1.70 bits per heavy atom. The third-order valence-corrected chi connectivity index (χ3v) is 5.02. The topological polar surface area (TPSA) is 71.3 Å². The zero-order valence-corrected chi connectivity index (χ0v) is 19.7. The van der Waals surface area contributed by atoms with E-state index in [1.165, 1.54) is 11.6 Å². The lowest BCUT2D eigenvalue weighted by molar-refractivity contribution is -0.112. The van der Waals surface area contributed by atoms with Gasteiger partial charge in [0.1, 0.15) is 18.2 Å². The number of anilines is 1. The Hall–Kier alpha value is -3.46. The summed E-state index contributed by atoms with van der Waals surface area (Å²) >= 11 is 11.9. The maximum Gasteiger partial charge on any atom is 0.266 e. The van der Waals surface area contributed by atoms with E-state index in [9.17, 15) is 10.1 Å². The molecule has 3 aromatic carbocycles. The van der Waals surface area contributed by atoms with Gasteiger partial charge in [-0.3, -0.25) is 4.79 Å². The summed E-state index contributed by atoms with van der Waals surface area (Å²) < 4.78 is 11.7. The zero-order chi connectivity index (χ0) is 23.8. The van der Waals surface area contributed by atoms with Crippen molar-refractivity contribution < 1.29 is 14.3 Å². The van der Waals surface area contributed by atoms with Crippen molar-refractivity contribution in [3.8, 4) is 17.6 Å². The molecule has 3 aromatic rings. The quantitative estimate of drug-likeness (QED) is 0.283. The number of benzene rings is 3. The van der Waals surface area contributed by atoms with Crippen LogP contribution >= 0.6 is 23.2 Å². The van der Waals surface area contributed by atoms with Crippen molar-refractivity contribution in [3.63, 3.8) is 0 Å². The van der Waals surface area contributed by atoms with Gasteiger partial charge in [-0.25, -0.2) is 0 Å². The van der Waals surface area contributed by atoms with Gasteiger partial charge in [-0.2, -0.15) is 5.26 Å². The number of rotatable bonds is 8. The number of nitriles is 1. The Morgan fingerprint density at radius 1 is 1.00 bits per heavy atom. The predicted molar refractivity (Wildman–Crippen MR) is 132 cm³/mol. The van der Waals surface area contributed by atoms with Crippen molar-refractivity contribution in [2.75, 3.05) is 11.9 Å². The molecule has 0 aliphatic heterocycles. The van der Waals surface area contributed by atoms with Crippen LogP contribution < -0.4 is 14.8 Å². The Balaban J connectivity index is 1.78. The number of aryl methyl sites for hydroxylation is 1. The van der Waals surface area contributed by atoms with Crippen molar-refractivity contribution in [2.45, 2.75) is 20.5 Å². The molecule has 168 valence electrons. The molecule has 1 amide bonds. The first-order valence-electron chi connectivity index (χ1n) is 10.2. The molecule has 7 heteroatoms. The molecule has 0 atom stereocenters. The Labute approximate surface area is 203 Å². The second-order valence-electron chi connectivity index (χ2n) is 7.20. The lowest BCUT2D eigenvalue weighted by atomic mass is 10.1. The molecule has 0 fully saturated rings. The van der Waals surface area contributed by atoms with Gasteiger partial charge in [-0.1, -0.05) is 59.1 Å². The highest BCUT2D eigenvalue weighted by Crippen LogP contribution is 2.30. The number of hydrogen-bond donors (Lipinski definition) is 1. The van der Waals surface area contributed by atoms with E-state index in [4.69, 9.17) is 32.7 Å². The molecule has 0 spiro atoms. The van der Waals surface area contributed by atoms with Crippen molar-refractivity contribution in [2.24, 2.45) is 0 Å². The first kappa shape index (κ1) is 24.2. The second kappa shape index (κ2) is 11.4. The van der Waals surface area contributed by atoms with Crippen molar-refractivity contribution in [3.05, 3.63) is 93.0 Å². The van der Waals surface area contributed by atoms with Gasteiger partial charge in [-0.05, 0) is 61.4 Å². The highest BCUT2D eigenvalue weighted by Gasteiger charge is 2.12. The summed E-state index contributed by atoms with van der Waals surface area (Å²) in [4.78, 5) is 12.6. The number of nitrogens with zero attached hydrogens (tertiary/aromatic N) is 1. The van der Waals surface area contributed by atoms with Crippen molar-refractivity contribution in [1.29, 1.82) is 5.26 Å². The predicted octanol–water partition coefficient (Wildman–Crippen LogP) is 6.83. The summed E-state index contributed by atoms with van der Waals surface area (Å²) in [6.07, 6.45) is 1.48. The van der Waals surface area contributed by atoms with Crippen LogP contribution in [0.3, 0.4) is 0 Å². The molecule has 0 heterocycles. The van der Waals surface area contributed by atoms with E-state index in [1.54, 1.807) is 36.4 Å². The lowest BCUT2D eigenvalue weighted by Crippen LogP contribution is -2.13. The van der Waals surface area contributed by atoms with Crippen molar-refractivity contribution >= 4 is 40.9 Å². The van der Waals surface area contributed by atoms with Crippen LogP contribution in [0.25, 0.3) is 6.08 Å². The lowest BCUT2D eigenvalue weighted by Gasteiger charge is -2.13. The molecule has 0 aliphatic carbocycles. The van der Waals surface area contributed by atoms with Gasteiger partial charge in [0.15, 0.2) is 11.5 Å². The standard InChI is InChI=1S/C26H22Cl2N2O3/c1-3-32-25-11-19(8-9-24(25)33-16-18-6-4-17(2)5-7-18)10-20(15-29)26(31)30-23-13-21(27)12-22(28)14-23/h4-14H,3,16H2,1-2H3,(H,30,31). The summed E-state index contributed by atoms with van der Waals surface area (Å²) in [5, 5.41) is 12.9. The van der Waals surface area contributed by atoms with Gasteiger partial charge in [0.25, 0.3) is 5.91 Å². The first-order valence-corrected chi connectivity index (χ1v) is 11.0. The van der Waals surface area contributed by atoms with E-state index in [-0.39, 0.29) is 5.57 Å². The SMILES string of the molecule is CCOc1cc(C=C(C#N)C(=O)Nc2cc(Cl)cc(Cl)c2)ccc1OCc1ccc(C)cc1. The molecular weight excluding hydrogens is 459 g/mol. The summed E-state index contributed by atoms with van der Waals surface area (Å²) in [5.41, 5.74) is 3.16. The number of halogens is 2. The maximum atomic E-state index is 12.6. The Kier molecular flexibility index (Phi) is 8.37. The smallest absolute Gasteiger partial charge is 0.266 e. The number of nitrogens with one attached hydrogen (secondary N) is 1. The van der Waals surface area contributed by atoms with Crippen LogP contribution in [-0.4, -0.2) is 12.5 Å². The second-order valence-corrected chi connectivity index (χ2v) is 8.07. The molecular formula is C26H22Cl2N2O3. The molecule has 0 aliphatic rings. The number of carbonyl (C=O) groups is 1. The van der Waals surface area contributed by atoms with E-state index >= 15 is 0 Å². The van der Waals surface area contributed by atoms with E-state index in [0.29, 0.717) is 46.0 Å². The molecule has 0 saturated carbocycles. The highest BCUT2D eigenvalue weighted by molar-refractivity contribution is 6.35. The molecule has 0 saturated heterocycles. The zero-order valence-electron chi connectivity index (χ0n) is 18.2. The maximum absolute atomic E-state index is 12.6. The summed E-state index contributed by atoms with van der Waals surface area (Å²) in [6.45, 7) is 4.74. The van der Waals surface area contributed by atoms with Crippen LogP contribution in [0.4, 0.5) is 5.69 Å². The van der Waals surface area contributed by atoms with Crippen LogP contribution in [0, 0.1) is 18.3 Å². The minimum atomic E-state index is -0.575. The minimum absolute atomic E-state index is 0.0816. The molecule has 1 N–H and O–H groups in total. The molecule has 0 radical (unpaired) electrons. The molecule has 0 unspecified atom stereocenters. The fourth-order valence-corrected chi connectivity index (χ4v) is 3.51. The van der Waals surface area contributed by atoms with E-state index in [0.717, 1.165) is 5.56 Å². The molecule has 0 aromatic heterocycles. The van der Waals surface area contributed by atoms with Gasteiger partial charge >= 0.3 is 0 Å². The van der Waals surface area contributed by atoms with E-state index in [2.05, 4.69) is 5.32 Å². The normalized spacial score (nSPS) is 10.9. The fourth-order valence-electron chi connectivity index (χ4n) is 2.99. The highest BCUT2D eigenvalue weighted by atomic mass is 35.5. The third kappa shape index (κ3) is 7.01. The molecule has 5 nitrogen and oxygen atoms in total. The minimum Gasteiger partial charge on any atom is -0.490 e. The fraction of sp³-hybridized carbons (Fsp3) is 0.154. The average molecular weight is 481 g/mol. The summed E-state index contributed by atoms with van der Waals surface area (Å²) in [7, 11) is 0. The van der Waals surface area contributed by atoms with E-state index < -0.39 is 5.91 Å². The number of ether oxygens (including phenoxy) is 2. The monoisotopic (exact) mass is 480 g/mol. The molecule has 3 rings (SSSR count). The van der Waals surface area contributed by atoms with Crippen LogP contribution in [0.2, 0.25) is 10.0 Å². The van der Waals surface area contributed by atoms with Gasteiger partial charge in [0.05, 0.1) is 6.61 Å². The largest absolute Gasteiger partial charge is 0.490 e. The van der Waals surface area contributed by atoms with Crippen LogP contribution in [0.15, 0.2) is 66.2 Å². The number of carbonyl (C=O) groups excluding carboxylic acids is 1. The van der Waals surface area contributed by atoms with Gasteiger partial charge in [-0.15, -0.1) is 0 Å². The number of hydrogen-bond acceptors (Lipinski definition) is 4.